The number of halogens is 1. The van der Waals surface area contributed by atoms with Crippen LogP contribution in [0, 0.1) is 0 Å². The molecule has 0 aliphatic heterocycles. The van der Waals surface area contributed by atoms with Gasteiger partial charge in [0.2, 0.25) is 0 Å². The molecule has 5 heteroatoms. The summed E-state index contributed by atoms with van der Waals surface area (Å²) < 4.78 is 24.5. The monoisotopic (exact) mass is 388 g/mol. The van der Waals surface area contributed by atoms with Crippen molar-refractivity contribution in [3.05, 3.63) is 36.7 Å². The molecule has 0 aliphatic rings. The van der Waals surface area contributed by atoms with E-state index in [1.165, 1.54) is 32.1 Å². The maximum absolute atomic E-state index is 13.2. The second kappa shape index (κ2) is 13.1. The number of aromatic nitrogens is 2. The van der Waals surface area contributed by atoms with E-state index in [0.29, 0.717) is 37.6 Å². The third kappa shape index (κ3) is 8.24. The highest BCUT2D eigenvalue weighted by atomic mass is 19.1. The number of hydrogen-bond donors (Lipinski definition) is 0. The van der Waals surface area contributed by atoms with E-state index >= 15 is 0 Å². The topological polar surface area (TPSA) is 44.2 Å². The van der Waals surface area contributed by atoms with Crippen LogP contribution in [0.3, 0.4) is 0 Å². The van der Waals surface area contributed by atoms with Crippen LogP contribution in [0.25, 0.3) is 11.4 Å². The Morgan fingerprint density at radius 1 is 0.821 bits per heavy atom. The smallest absolute Gasteiger partial charge is 0.159 e. The Morgan fingerprint density at radius 2 is 1.46 bits per heavy atom. The van der Waals surface area contributed by atoms with E-state index in [4.69, 9.17) is 9.47 Å². The SMILES string of the molecule is CCCCCCCCOc1cnc(-c2ccc(OCCC(F)CC)cc2)nc1. The molecule has 0 amide bonds. The molecule has 28 heavy (non-hydrogen) atoms. The van der Waals surface area contributed by atoms with Crippen molar-refractivity contribution in [1.82, 2.24) is 9.97 Å². The van der Waals surface area contributed by atoms with Crippen molar-refractivity contribution in [3.63, 3.8) is 0 Å². The number of nitrogens with zero attached hydrogens (tertiary/aromatic N) is 2. The molecule has 0 N–H and O–H groups in total. The van der Waals surface area contributed by atoms with E-state index in [1.54, 1.807) is 12.4 Å². The molecule has 0 fully saturated rings. The summed E-state index contributed by atoms with van der Waals surface area (Å²) in [6, 6.07) is 7.55. The van der Waals surface area contributed by atoms with E-state index in [0.717, 1.165) is 17.7 Å². The standard InChI is InChI=1S/C23H33FN2O2/c1-3-5-6-7-8-9-15-27-22-17-25-23(26-18-22)19-10-12-21(13-11-19)28-16-14-20(24)4-2/h10-13,17-18,20H,3-9,14-16H2,1-2H3. The van der Waals surface area contributed by atoms with E-state index in [1.807, 2.05) is 31.2 Å². The quantitative estimate of drug-likeness (QED) is 0.351. The summed E-state index contributed by atoms with van der Waals surface area (Å²) in [4.78, 5) is 8.78. The second-order valence-electron chi connectivity index (χ2n) is 7.03. The highest BCUT2D eigenvalue weighted by Gasteiger charge is 2.05. The lowest BCUT2D eigenvalue weighted by Crippen LogP contribution is -2.06. The highest BCUT2D eigenvalue weighted by molar-refractivity contribution is 5.56. The van der Waals surface area contributed by atoms with Gasteiger partial charge in [0, 0.05) is 12.0 Å². The van der Waals surface area contributed by atoms with Gasteiger partial charge in [-0.1, -0.05) is 46.0 Å². The second-order valence-corrected chi connectivity index (χ2v) is 7.03. The van der Waals surface area contributed by atoms with Gasteiger partial charge < -0.3 is 9.47 Å². The Bertz CT molecular complexity index is 647. The molecular formula is C23H33FN2O2. The Morgan fingerprint density at radius 3 is 2.14 bits per heavy atom. The van der Waals surface area contributed by atoms with E-state index in [9.17, 15) is 4.39 Å². The molecule has 2 aromatic rings. The largest absolute Gasteiger partial charge is 0.493 e. The summed E-state index contributed by atoms with van der Waals surface area (Å²) in [5.74, 6) is 2.08. The summed E-state index contributed by atoms with van der Waals surface area (Å²) in [7, 11) is 0. The number of alkyl halides is 1. The van der Waals surface area contributed by atoms with Crippen LogP contribution in [0.2, 0.25) is 0 Å². The van der Waals surface area contributed by atoms with Crippen molar-refractivity contribution in [3.8, 4) is 22.9 Å². The van der Waals surface area contributed by atoms with Crippen LogP contribution < -0.4 is 9.47 Å². The first-order valence-electron chi connectivity index (χ1n) is 10.5. The maximum Gasteiger partial charge on any atom is 0.159 e. The molecule has 2 rings (SSSR count). The molecule has 1 aromatic heterocycles. The van der Waals surface area contributed by atoms with Crippen LogP contribution >= 0.6 is 0 Å². The van der Waals surface area contributed by atoms with Crippen molar-refractivity contribution < 1.29 is 13.9 Å². The highest BCUT2D eigenvalue weighted by Crippen LogP contribution is 2.21. The summed E-state index contributed by atoms with van der Waals surface area (Å²) in [6.45, 7) is 5.16. The average Bonchev–Trinajstić information content (AvgIpc) is 2.74. The zero-order valence-electron chi connectivity index (χ0n) is 17.2. The van der Waals surface area contributed by atoms with Crippen LogP contribution in [0.15, 0.2) is 36.7 Å². The average molecular weight is 389 g/mol. The van der Waals surface area contributed by atoms with Gasteiger partial charge in [0.15, 0.2) is 11.6 Å². The van der Waals surface area contributed by atoms with Gasteiger partial charge in [-0.15, -0.1) is 0 Å². The van der Waals surface area contributed by atoms with Gasteiger partial charge in [-0.2, -0.15) is 0 Å². The van der Waals surface area contributed by atoms with E-state index < -0.39 is 6.17 Å². The number of hydrogen-bond acceptors (Lipinski definition) is 4. The van der Waals surface area contributed by atoms with Gasteiger partial charge in [-0.3, -0.25) is 0 Å². The number of ether oxygens (including phenoxy) is 2. The lowest BCUT2D eigenvalue weighted by atomic mass is 10.1. The molecule has 1 heterocycles. The fraction of sp³-hybridized carbons (Fsp3) is 0.565. The van der Waals surface area contributed by atoms with E-state index in [2.05, 4.69) is 16.9 Å². The Labute approximate surface area is 168 Å². The molecule has 4 nitrogen and oxygen atoms in total. The number of unbranched alkanes of at least 4 members (excludes halogenated alkanes) is 5. The first kappa shape index (κ1) is 22.1. The molecule has 0 saturated carbocycles. The van der Waals surface area contributed by atoms with Crippen LogP contribution in [0.1, 0.15) is 65.2 Å². The van der Waals surface area contributed by atoms with Crippen LogP contribution in [0.5, 0.6) is 11.5 Å². The van der Waals surface area contributed by atoms with Crippen molar-refractivity contribution in [1.29, 1.82) is 0 Å². The first-order chi connectivity index (χ1) is 13.7. The van der Waals surface area contributed by atoms with Gasteiger partial charge >= 0.3 is 0 Å². The molecule has 154 valence electrons. The zero-order valence-corrected chi connectivity index (χ0v) is 17.2. The summed E-state index contributed by atoms with van der Waals surface area (Å²) in [5, 5.41) is 0. The fourth-order valence-electron chi connectivity index (χ4n) is 2.82. The minimum Gasteiger partial charge on any atom is -0.493 e. The third-order valence-electron chi connectivity index (χ3n) is 4.65. The molecule has 0 spiro atoms. The summed E-state index contributed by atoms with van der Waals surface area (Å²) in [5.41, 5.74) is 0.909. The fourth-order valence-corrected chi connectivity index (χ4v) is 2.82. The Hall–Kier alpha value is -2.17. The Balaban J connectivity index is 1.73. The van der Waals surface area contributed by atoms with Crippen molar-refractivity contribution in [2.24, 2.45) is 0 Å². The maximum atomic E-state index is 13.2. The molecule has 1 aromatic carbocycles. The molecule has 1 unspecified atom stereocenters. The molecule has 0 saturated heterocycles. The third-order valence-corrected chi connectivity index (χ3v) is 4.65. The van der Waals surface area contributed by atoms with E-state index in [-0.39, 0.29) is 0 Å². The normalized spacial score (nSPS) is 12.0. The molecule has 1 atom stereocenters. The minimum absolute atomic E-state index is 0.384. The lowest BCUT2D eigenvalue weighted by molar-refractivity contribution is 0.231. The molecule has 0 aliphatic carbocycles. The predicted octanol–water partition coefficient (Wildman–Crippen LogP) is 6.40. The molecule has 0 bridgehead atoms. The predicted molar refractivity (Wildman–Crippen MR) is 112 cm³/mol. The van der Waals surface area contributed by atoms with Crippen LogP contribution in [-0.2, 0) is 0 Å². The van der Waals surface area contributed by atoms with Crippen LogP contribution in [0.4, 0.5) is 4.39 Å². The lowest BCUT2D eigenvalue weighted by Gasteiger charge is -2.09. The first-order valence-corrected chi connectivity index (χ1v) is 10.5. The number of rotatable bonds is 14. The van der Waals surface area contributed by atoms with Gasteiger partial charge in [0.1, 0.15) is 11.9 Å². The van der Waals surface area contributed by atoms with Gasteiger partial charge in [0.25, 0.3) is 0 Å². The molecule has 0 radical (unpaired) electrons. The number of benzene rings is 1. The molecular weight excluding hydrogens is 355 g/mol. The van der Waals surface area contributed by atoms with Crippen molar-refractivity contribution in [2.45, 2.75) is 71.4 Å². The van der Waals surface area contributed by atoms with Crippen molar-refractivity contribution in [2.75, 3.05) is 13.2 Å². The summed E-state index contributed by atoms with van der Waals surface area (Å²) in [6.07, 6.45) is 11.0. The van der Waals surface area contributed by atoms with Gasteiger partial charge in [-0.05, 0) is 37.1 Å². The minimum atomic E-state index is -0.797. The summed E-state index contributed by atoms with van der Waals surface area (Å²) >= 11 is 0. The van der Waals surface area contributed by atoms with Gasteiger partial charge in [-0.25, -0.2) is 14.4 Å². The van der Waals surface area contributed by atoms with Gasteiger partial charge in [0.05, 0.1) is 25.6 Å². The zero-order chi connectivity index (χ0) is 20.0. The van der Waals surface area contributed by atoms with Crippen LogP contribution in [-0.4, -0.2) is 29.4 Å². The Kier molecular flexibility index (Phi) is 10.3. The van der Waals surface area contributed by atoms with Crippen molar-refractivity contribution >= 4 is 0 Å².